The predicted octanol–water partition coefficient (Wildman–Crippen LogP) is 3.08. The summed E-state index contributed by atoms with van der Waals surface area (Å²) in [5.41, 5.74) is 0.877. The van der Waals surface area contributed by atoms with Crippen molar-refractivity contribution < 1.29 is 18.0 Å². The van der Waals surface area contributed by atoms with Crippen molar-refractivity contribution in [2.45, 2.75) is 13.0 Å². The molecule has 4 nitrogen and oxygen atoms in total. The molecule has 1 aromatic carbocycles. The van der Waals surface area contributed by atoms with Gasteiger partial charge in [0.15, 0.2) is 0 Å². The van der Waals surface area contributed by atoms with Gasteiger partial charge < -0.3 is 9.32 Å². The Morgan fingerprint density at radius 2 is 1.91 bits per heavy atom. The Labute approximate surface area is 133 Å². The largest absolute Gasteiger partial charge is 0.472 e. The van der Waals surface area contributed by atoms with E-state index in [9.17, 15) is 13.6 Å². The highest BCUT2D eigenvalue weighted by Gasteiger charge is 2.27. The maximum absolute atomic E-state index is 13.9. The third kappa shape index (κ3) is 3.27. The topological polar surface area (TPSA) is 36.7 Å². The van der Waals surface area contributed by atoms with Crippen LogP contribution >= 0.6 is 0 Å². The van der Waals surface area contributed by atoms with Crippen molar-refractivity contribution >= 4 is 5.91 Å². The summed E-state index contributed by atoms with van der Waals surface area (Å²) in [5.74, 6) is -0.916. The lowest BCUT2D eigenvalue weighted by atomic mass is 10.0. The summed E-state index contributed by atoms with van der Waals surface area (Å²) in [7, 11) is 0. The quantitative estimate of drug-likeness (QED) is 0.872. The van der Waals surface area contributed by atoms with Crippen LogP contribution in [0.2, 0.25) is 0 Å². The Hall–Kier alpha value is -2.21. The van der Waals surface area contributed by atoms with Crippen molar-refractivity contribution in [3.63, 3.8) is 0 Å². The lowest BCUT2D eigenvalue weighted by Gasteiger charge is -2.38. The zero-order valence-corrected chi connectivity index (χ0v) is 12.8. The summed E-state index contributed by atoms with van der Waals surface area (Å²) in [5, 5.41) is 0. The van der Waals surface area contributed by atoms with E-state index in [1.165, 1.54) is 18.6 Å². The van der Waals surface area contributed by atoms with Gasteiger partial charge in [-0.05, 0) is 31.2 Å². The fourth-order valence-corrected chi connectivity index (χ4v) is 2.91. The molecule has 0 radical (unpaired) electrons. The van der Waals surface area contributed by atoms with Crippen molar-refractivity contribution in [1.29, 1.82) is 0 Å². The van der Waals surface area contributed by atoms with Gasteiger partial charge in [0, 0.05) is 37.8 Å². The number of benzene rings is 1. The number of hydrogen-bond acceptors (Lipinski definition) is 3. The van der Waals surface area contributed by atoms with Crippen LogP contribution in [0.3, 0.4) is 0 Å². The van der Waals surface area contributed by atoms with Gasteiger partial charge in [-0.15, -0.1) is 0 Å². The summed E-state index contributed by atoms with van der Waals surface area (Å²) in [6, 6.07) is 4.91. The smallest absolute Gasteiger partial charge is 0.257 e. The van der Waals surface area contributed by atoms with Gasteiger partial charge in [0.05, 0.1) is 11.8 Å². The van der Waals surface area contributed by atoms with Crippen LogP contribution in [0.25, 0.3) is 0 Å². The fraction of sp³-hybridized carbons (Fsp3) is 0.353. The first-order chi connectivity index (χ1) is 11.1. The molecule has 0 N–H and O–H groups in total. The van der Waals surface area contributed by atoms with E-state index in [0.717, 1.165) is 12.1 Å². The number of amides is 1. The maximum atomic E-state index is 13.9. The van der Waals surface area contributed by atoms with E-state index in [1.807, 2.05) is 6.92 Å². The molecule has 2 heterocycles. The number of rotatable bonds is 3. The molecule has 1 aliphatic rings. The highest BCUT2D eigenvalue weighted by atomic mass is 19.1. The molecule has 0 spiro atoms. The first-order valence-electron chi connectivity index (χ1n) is 7.56. The van der Waals surface area contributed by atoms with Gasteiger partial charge >= 0.3 is 0 Å². The van der Waals surface area contributed by atoms with E-state index in [1.54, 1.807) is 11.0 Å². The zero-order chi connectivity index (χ0) is 16.4. The Morgan fingerprint density at radius 1 is 1.17 bits per heavy atom. The SMILES string of the molecule is CC(c1cc(F)ccc1F)N1CCN(C(=O)c2ccoc2)CC1. The zero-order valence-electron chi connectivity index (χ0n) is 12.8. The highest BCUT2D eigenvalue weighted by molar-refractivity contribution is 5.93. The molecule has 1 unspecified atom stereocenters. The average molecular weight is 320 g/mol. The molecule has 1 saturated heterocycles. The average Bonchev–Trinajstić information content (AvgIpc) is 3.10. The molecule has 0 bridgehead atoms. The summed E-state index contributed by atoms with van der Waals surface area (Å²) in [4.78, 5) is 16.0. The van der Waals surface area contributed by atoms with Gasteiger partial charge in [-0.3, -0.25) is 9.69 Å². The number of carbonyl (C=O) groups is 1. The molecule has 1 fully saturated rings. The summed E-state index contributed by atoms with van der Waals surface area (Å²) in [6.07, 6.45) is 2.90. The van der Waals surface area contributed by atoms with E-state index >= 15 is 0 Å². The van der Waals surface area contributed by atoms with Crippen molar-refractivity contribution in [2.24, 2.45) is 0 Å². The van der Waals surface area contributed by atoms with Crippen LogP contribution in [0.5, 0.6) is 0 Å². The van der Waals surface area contributed by atoms with Gasteiger partial charge in [0.1, 0.15) is 17.9 Å². The molecule has 0 saturated carbocycles. The lowest BCUT2D eigenvalue weighted by molar-refractivity contribution is 0.0578. The Bertz CT molecular complexity index is 680. The second-order valence-electron chi connectivity index (χ2n) is 5.68. The van der Waals surface area contributed by atoms with E-state index < -0.39 is 11.6 Å². The van der Waals surface area contributed by atoms with Crippen LogP contribution in [-0.4, -0.2) is 41.9 Å². The normalized spacial score (nSPS) is 17.3. The van der Waals surface area contributed by atoms with Gasteiger partial charge in [-0.2, -0.15) is 0 Å². The van der Waals surface area contributed by atoms with Crippen LogP contribution in [0.4, 0.5) is 8.78 Å². The number of piperazine rings is 1. The molecule has 1 atom stereocenters. The Morgan fingerprint density at radius 3 is 2.57 bits per heavy atom. The van der Waals surface area contributed by atoms with Crippen molar-refractivity contribution in [1.82, 2.24) is 9.80 Å². The standard InChI is InChI=1S/C17H18F2N2O2/c1-12(15-10-14(18)2-3-16(15)19)20-5-7-21(8-6-20)17(22)13-4-9-23-11-13/h2-4,9-12H,5-8H2,1H3. The van der Waals surface area contributed by atoms with Gasteiger partial charge in [0.25, 0.3) is 5.91 Å². The maximum Gasteiger partial charge on any atom is 0.257 e. The fourth-order valence-electron chi connectivity index (χ4n) is 2.91. The summed E-state index contributed by atoms with van der Waals surface area (Å²) in [6.45, 7) is 4.17. The van der Waals surface area contributed by atoms with E-state index in [2.05, 4.69) is 4.90 Å². The minimum absolute atomic E-state index is 0.0667. The molecule has 0 aliphatic carbocycles. The van der Waals surface area contributed by atoms with Crippen LogP contribution in [0.15, 0.2) is 41.2 Å². The van der Waals surface area contributed by atoms with Crippen LogP contribution in [-0.2, 0) is 0 Å². The van der Waals surface area contributed by atoms with E-state index in [-0.39, 0.29) is 11.9 Å². The van der Waals surface area contributed by atoms with Gasteiger partial charge in [0.2, 0.25) is 0 Å². The molecule has 1 aliphatic heterocycles. The van der Waals surface area contributed by atoms with Crippen molar-refractivity contribution in [3.05, 3.63) is 59.6 Å². The number of carbonyl (C=O) groups excluding carboxylic acids is 1. The predicted molar refractivity (Wildman–Crippen MR) is 81.0 cm³/mol. The second-order valence-corrected chi connectivity index (χ2v) is 5.68. The number of hydrogen-bond donors (Lipinski definition) is 0. The van der Waals surface area contributed by atoms with Crippen molar-refractivity contribution in [2.75, 3.05) is 26.2 Å². The second kappa shape index (κ2) is 6.50. The minimum Gasteiger partial charge on any atom is -0.472 e. The molecule has 2 aromatic rings. The van der Waals surface area contributed by atoms with Gasteiger partial charge in [-0.1, -0.05) is 0 Å². The van der Waals surface area contributed by atoms with Gasteiger partial charge in [-0.25, -0.2) is 8.78 Å². The highest BCUT2D eigenvalue weighted by Crippen LogP contribution is 2.25. The van der Waals surface area contributed by atoms with Crippen molar-refractivity contribution in [3.8, 4) is 0 Å². The van der Waals surface area contributed by atoms with E-state index in [4.69, 9.17) is 4.42 Å². The minimum atomic E-state index is -0.443. The third-order valence-corrected chi connectivity index (χ3v) is 4.33. The molecular formula is C17H18F2N2O2. The first kappa shape index (κ1) is 15.7. The first-order valence-corrected chi connectivity index (χ1v) is 7.56. The number of halogens is 2. The Kier molecular flexibility index (Phi) is 4.43. The molecular weight excluding hydrogens is 302 g/mol. The molecule has 23 heavy (non-hydrogen) atoms. The lowest BCUT2D eigenvalue weighted by Crippen LogP contribution is -2.49. The van der Waals surface area contributed by atoms with E-state index in [0.29, 0.717) is 37.3 Å². The summed E-state index contributed by atoms with van der Waals surface area (Å²) < 4.78 is 32.2. The van der Waals surface area contributed by atoms with Crippen LogP contribution in [0, 0.1) is 11.6 Å². The number of furan rings is 1. The molecule has 3 rings (SSSR count). The van der Waals surface area contributed by atoms with Crippen LogP contribution < -0.4 is 0 Å². The molecule has 1 aromatic heterocycles. The van der Waals surface area contributed by atoms with Crippen LogP contribution in [0.1, 0.15) is 28.9 Å². The summed E-state index contributed by atoms with van der Waals surface area (Å²) >= 11 is 0. The number of nitrogens with zero attached hydrogens (tertiary/aromatic N) is 2. The third-order valence-electron chi connectivity index (χ3n) is 4.33. The molecule has 122 valence electrons. The molecule has 1 amide bonds. The molecule has 6 heteroatoms. The monoisotopic (exact) mass is 320 g/mol. The Balaban J connectivity index is 1.64.